The van der Waals surface area contributed by atoms with Crippen molar-refractivity contribution in [3.63, 3.8) is 0 Å². The van der Waals surface area contributed by atoms with Gasteiger partial charge in [0.15, 0.2) is 0 Å². The zero-order valence-electron chi connectivity index (χ0n) is 8.43. The first kappa shape index (κ1) is 14.8. The molecule has 18 heavy (non-hydrogen) atoms. The van der Waals surface area contributed by atoms with E-state index in [9.17, 15) is 26.7 Å². The van der Waals surface area contributed by atoms with E-state index in [1.54, 1.807) is 0 Å². The minimum atomic E-state index is -4.88. The Morgan fingerprint density at radius 2 is 2.00 bits per heavy atom. The summed E-state index contributed by atoms with van der Waals surface area (Å²) in [6, 6.07) is 0.451. The zero-order chi connectivity index (χ0) is 14.1. The Labute approximate surface area is 106 Å². The van der Waals surface area contributed by atoms with Crippen molar-refractivity contribution < 1.29 is 31.9 Å². The lowest BCUT2D eigenvalue weighted by Crippen LogP contribution is -2.15. The number of hydrogen-bond acceptors (Lipinski definition) is 2. The van der Waals surface area contributed by atoms with E-state index < -0.39 is 46.4 Å². The molecular weight excluding hydrogens is 329 g/mol. The average Bonchev–Trinajstić information content (AvgIpc) is 2.12. The van der Waals surface area contributed by atoms with E-state index in [4.69, 9.17) is 5.11 Å². The van der Waals surface area contributed by atoms with Crippen molar-refractivity contribution >= 4 is 21.9 Å². The number of carboxylic acids is 1. The number of hydrogen-bond donors (Lipinski definition) is 1. The highest BCUT2D eigenvalue weighted by Gasteiger charge is 2.37. The molecule has 1 aromatic rings. The summed E-state index contributed by atoms with van der Waals surface area (Å²) in [6.45, 7) is 0. The van der Waals surface area contributed by atoms with Gasteiger partial charge in [0.2, 0.25) is 0 Å². The van der Waals surface area contributed by atoms with Crippen LogP contribution in [-0.4, -0.2) is 16.1 Å². The molecule has 0 saturated heterocycles. The van der Waals surface area contributed by atoms with Crippen LogP contribution in [0.4, 0.5) is 22.0 Å². The van der Waals surface area contributed by atoms with Crippen molar-refractivity contribution in [1.29, 1.82) is 0 Å². The number of pyridine rings is 1. The third-order valence-electron chi connectivity index (χ3n) is 1.93. The fourth-order valence-corrected chi connectivity index (χ4v) is 1.98. The van der Waals surface area contributed by atoms with E-state index in [0.717, 1.165) is 0 Å². The van der Waals surface area contributed by atoms with Crippen molar-refractivity contribution in [2.24, 2.45) is 0 Å². The summed E-state index contributed by atoms with van der Waals surface area (Å²) in [5.41, 5.74) is -3.02. The Kier molecular flexibility index (Phi) is 4.25. The maximum Gasteiger partial charge on any atom is 0.419 e. The fraction of sp³-hybridized carbons (Fsp3) is 0.333. The fourth-order valence-electron chi connectivity index (χ4n) is 1.30. The summed E-state index contributed by atoms with van der Waals surface area (Å²) >= 11 is 2.43. The zero-order valence-corrected chi connectivity index (χ0v) is 10.0. The van der Waals surface area contributed by atoms with Gasteiger partial charge in [0, 0.05) is 0 Å². The molecule has 3 nitrogen and oxygen atoms in total. The van der Waals surface area contributed by atoms with E-state index in [2.05, 4.69) is 20.9 Å². The van der Waals surface area contributed by atoms with E-state index >= 15 is 0 Å². The molecule has 0 aliphatic carbocycles. The van der Waals surface area contributed by atoms with Crippen LogP contribution in [0.15, 0.2) is 10.7 Å². The lowest BCUT2D eigenvalue weighted by molar-refractivity contribution is -0.140. The highest BCUT2D eigenvalue weighted by Crippen LogP contribution is 2.38. The Bertz CT molecular complexity index is 475. The number of rotatable bonds is 3. The van der Waals surface area contributed by atoms with Gasteiger partial charge in [0.25, 0.3) is 6.43 Å². The summed E-state index contributed by atoms with van der Waals surface area (Å²) in [6.07, 6.45) is -8.98. The van der Waals surface area contributed by atoms with Crippen LogP contribution in [0.1, 0.15) is 23.2 Å². The van der Waals surface area contributed by atoms with Gasteiger partial charge in [-0.1, -0.05) is 0 Å². The molecule has 0 saturated carbocycles. The van der Waals surface area contributed by atoms with Crippen LogP contribution in [0.3, 0.4) is 0 Å². The summed E-state index contributed by atoms with van der Waals surface area (Å²) in [4.78, 5) is 13.5. The van der Waals surface area contributed by atoms with Crippen LogP contribution < -0.4 is 0 Å². The Hall–Kier alpha value is -1.25. The molecule has 1 aromatic heterocycles. The van der Waals surface area contributed by atoms with Crippen molar-refractivity contribution in [1.82, 2.24) is 4.98 Å². The van der Waals surface area contributed by atoms with Crippen molar-refractivity contribution in [3.05, 3.63) is 27.5 Å². The molecule has 0 aromatic carbocycles. The largest absolute Gasteiger partial charge is 0.481 e. The molecule has 100 valence electrons. The number of carbonyl (C=O) groups is 1. The minimum Gasteiger partial charge on any atom is -0.481 e. The summed E-state index contributed by atoms with van der Waals surface area (Å²) < 4.78 is 61.8. The van der Waals surface area contributed by atoms with E-state index in [0.29, 0.717) is 6.07 Å². The van der Waals surface area contributed by atoms with Gasteiger partial charge in [-0.2, -0.15) is 13.2 Å². The van der Waals surface area contributed by atoms with Crippen LogP contribution in [-0.2, 0) is 17.4 Å². The maximum absolute atomic E-state index is 12.6. The van der Waals surface area contributed by atoms with Gasteiger partial charge in [-0.25, -0.2) is 13.8 Å². The van der Waals surface area contributed by atoms with Crippen molar-refractivity contribution in [2.45, 2.75) is 19.0 Å². The van der Waals surface area contributed by atoms with Crippen LogP contribution in [0.25, 0.3) is 0 Å². The molecule has 9 heteroatoms. The van der Waals surface area contributed by atoms with E-state index in [1.807, 2.05) is 0 Å². The Morgan fingerprint density at radius 1 is 1.44 bits per heavy atom. The second-order valence-electron chi connectivity index (χ2n) is 3.24. The molecular formula is C9H5BrF5NO2. The van der Waals surface area contributed by atoms with Crippen LogP contribution in [0.5, 0.6) is 0 Å². The summed E-state index contributed by atoms with van der Waals surface area (Å²) in [5.74, 6) is -1.56. The molecule has 0 fully saturated rings. The number of alkyl halides is 5. The topological polar surface area (TPSA) is 50.2 Å². The number of aromatic nitrogens is 1. The van der Waals surface area contributed by atoms with E-state index in [1.165, 1.54) is 0 Å². The highest BCUT2D eigenvalue weighted by molar-refractivity contribution is 9.10. The van der Waals surface area contributed by atoms with Crippen molar-refractivity contribution in [3.8, 4) is 0 Å². The molecule has 0 bridgehead atoms. The number of nitrogens with zero attached hydrogens (tertiary/aromatic N) is 1. The molecule has 1 N–H and O–H groups in total. The molecule has 0 atom stereocenters. The standard InChI is InChI=1S/C9H5BrF5NO2/c10-7-6(9(13,14)15)3(2-5(17)18)1-4(16-7)8(11)12/h1,8H,2H2,(H,17,18). The number of halogens is 6. The normalized spacial score (nSPS) is 11.9. The Morgan fingerprint density at radius 3 is 2.39 bits per heavy atom. The maximum atomic E-state index is 12.6. The quantitative estimate of drug-likeness (QED) is 0.681. The molecule has 0 amide bonds. The second-order valence-corrected chi connectivity index (χ2v) is 3.99. The number of carboxylic acid groups (broad SMARTS) is 1. The average molecular weight is 334 g/mol. The predicted molar refractivity (Wildman–Crippen MR) is 53.2 cm³/mol. The summed E-state index contributed by atoms with van der Waals surface area (Å²) in [5, 5.41) is 8.49. The first-order chi connectivity index (χ1) is 8.12. The molecule has 1 heterocycles. The molecule has 1 rings (SSSR count). The second kappa shape index (κ2) is 5.17. The Balaban J connectivity index is 3.44. The van der Waals surface area contributed by atoms with Gasteiger partial charge in [0.1, 0.15) is 10.3 Å². The van der Waals surface area contributed by atoms with Gasteiger partial charge >= 0.3 is 12.1 Å². The lowest BCUT2D eigenvalue weighted by Gasteiger charge is -2.14. The van der Waals surface area contributed by atoms with Crippen LogP contribution >= 0.6 is 15.9 Å². The smallest absolute Gasteiger partial charge is 0.419 e. The first-order valence-corrected chi connectivity index (χ1v) is 5.18. The molecule has 0 aliphatic heterocycles. The predicted octanol–water partition coefficient (Wildman–Crippen LogP) is 3.43. The van der Waals surface area contributed by atoms with Crippen LogP contribution in [0, 0.1) is 0 Å². The first-order valence-electron chi connectivity index (χ1n) is 4.39. The van der Waals surface area contributed by atoms with E-state index in [-0.39, 0.29) is 0 Å². The minimum absolute atomic E-state index is 0.451. The van der Waals surface area contributed by atoms with Gasteiger partial charge in [-0.3, -0.25) is 4.79 Å². The molecule has 0 radical (unpaired) electrons. The van der Waals surface area contributed by atoms with Crippen molar-refractivity contribution in [2.75, 3.05) is 0 Å². The highest BCUT2D eigenvalue weighted by atomic mass is 79.9. The number of aliphatic carboxylic acids is 1. The SMILES string of the molecule is O=C(O)Cc1cc(C(F)F)nc(Br)c1C(F)(F)F. The molecule has 0 unspecified atom stereocenters. The summed E-state index contributed by atoms with van der Waals surface area (Å²) in [7, 11) is 0. The van der Waals surface area contributed by atoms with Gasteiger partial charge in [0.05, 0.1) is 12.0 Å². The third kappa shape index (κ3) is 3.37. The molecule has 0 aliphatic rings. The van der Waals surface area contributed by atoms with Crippen LogP contribution in [0.2, 0.25) is 0 Å². The molecule has 0 spiro atoms. The van der Waals surface area contributed by atoms with Gasteiger partial charge in [-0.05, 0) is 27.6 Å². The lowest BCUT2D eigenvalue weighted by atomic mass is 10.1. The third-order valence-corrected chi connectivity index (χ3v) is 2.50. The van der Waals surface area contributed by atoms with Gasteiger partial charge < -0.3 is 5.11 Å². The van der Waals surface area contributed by atoms with Gasteiger partial charge in [-0.15, -0.1) is 0 Å². The monoisotopic (exact) mass is 333 g/mol.